The van der Waals surface area contributed by atoms with Gasteiger partial charge in [0.2, 0.25) is 0 Å². The van der Waals surface area contributed by atoms with Gasteiger partial charge in [-0.3, -0.25) is 4.79 Å². The van der Waals surface area contributed by atoms with Gasteiger partial charge in [0, 0.05) is 26.2 Å². The fourth-order valence-electron chi connectivity index (χ4n) is 1.96. The topological polar surface area (TPSA) is 88.1 Å². The fraction of sp³-hybridized carbons (Fsp3) is 0.600. The molecule has 1 fully saturated rings. The number of nitrogen functional groups attached to an aromatic ring is 1. The van der Waals surface area contributed by atoms with Crippen LogP contribution in [0.1, 0.15) is 47.8 Å². The van der Waals surface area contributed by atoms with Crippen molar-refractivity contribution < 1.29 is 9.53 Å². The average Bonchev–Trinajstić information content (AvgIpc) is 3.25. The third-order valence-corrected chi connectivity index (χ3v) is 4.64. The van der Waals surface area contributed by atoms with Gasteiger partial charge in [-0.15, -0.1) is 11.3 Å². The highest BCUT2D eigenvalue weighted by Crippen LogP contribution is 2.35. The summed E-state index contributed by atoms with van der Waals surface area (Å²) in [5.74, 6) is 0.762. The fourth-order valence-corrected chi connectivity index (χ4v) is 3.06. The molecule has 0 unspecified atom stereocenters. The van der Waals surface area contributed by atoms with Crippen LogP contribution in [0.4, 0.5) is 10.7 Å². The Bertz CT molecular complexity index is 544. The molecular weight excluding hydrogens is 286 g/mol. The predicted octanol–water partition coefficient (Wildman–Crippen LogP) is 3.02. The number of carbonyl (C=O) groups is 1. The molecule has 1 saturated carbocycles. The van der Waals surface area contributed by atoms with Crippen LogP contribution in [0, 0.1) is 17.2 Å². The van der Waals surface area contributed by atoms with E-state index in [9.17, 15) is 10.1 Å². The highest BCUT2D eigenvalue weighted by Gasteiger charge is 2.21. The van der Waals surface area contributed by atoms with Crippen molar-refractivity contribution >= 4 is 27.8 Å². The van der Waals surface area contributed by atoms with Crippen molar-refractivity contribution in [2.75, 3.05) is 30.8 Å². The Morgan fingerprint density at radius 2 is 2.33 bits per heavy atom. The van der Waals surface area contributed by atoms with E-state index in [1.807, 2.05) is 0 Å². The Labute approximate surface area is 129 Å². The van der Waals surface area contributed by atoms with E-state index in [4.69, 9.17) is 10.5 Å². The van der Waals surface area contributed by atoms with E-state index in [0.717, 1.165) is 18.9 Å². The van der Waals surface area contributed by atoms with Crippen LogP contribution in [0.25, 0.3) is 0 Å². The summed E-state index contributed by atoms with van der Waals surface area (Å²) in [5, 5.41) is 13.1. The van der Waals surface area contributed by atoms with E-state index >= 15 is 0 Å². The maximum absolute atomic E-state index is 11.8. The molecule has 0 radical (unpaired) electrons. The number of nitrogens with two attached hydrogens (primary N) is 1. The summed E-state index contributed by atoms with van der Waals surface area (Å²) < 4.78 is 5.56. The molecule has 1 heterocycles. The number of Topliss-reactive ketones (excluding diaryl/α,β-unsaturated/α-hetero) is 1. The Hall–Kier alpha value is -1.58. The van der Waals surface area contributed by atoms with Crippen molar-refractivity contribution in [1.82, 2.24) is 0 Å². The number of nitrogens with one attached hydrogen (secondary N) is 1. The zero-order chi connectivity index (χ0) is 15.2. The molecule has 1 aromatic heterocycles. The largest absolute Gasteiger partial charge is 0.396 e. The first kappa shape index (κ1) is 15.8. The smallest absolute Gasteiger partial charge is 0.174 e. The monoisotopic (exact) mass is 307 g/mol. The Morgan fingerprint density at radius 1 is 1.57 bits per heavy atom. The number of carbonyl (C=O) groups excluding carboxylic acids is 1. The molecule has 1 aliphatic carbocycles. The van der Waals surface area contributed by atoms with Crippen molar-refractivity contribution in [3.8, 4) is 6.07 Å². The van der Waals surface area contributed by atoms with Crippen molar-refractivity contribution in [3.63, 3.8) is 0 Å². The van der Waals surface area contributed by atoms with Gasteiger partial charge in [-0.05, 0) is 25.2 Å². The predicted molar refractivity (Wildman–Crippen MR) is 84.7 cm³/mol. The number of hydrogen-bond acceptors (Lipinski definition) is 6. The maximum atomic E-state index is 11.8. The third-order valence-electron chi connectivity index (χ3n) is 3.43. The van der Waals surface area contributed by atoms with Crippen LogP contribution in [0.15, 0.2) is 0 Å². The van der Waals surface area contributed by atoms with E-state index in [1.54, 1.807) is 6.92 Å². The number of nitrogens with zero attached hydrogens (tertiary/aromatic N) is 1. The van der Waals surface area contributed by atoms with Gasteiger partial charge in [0.15, 0.2) is 5.78 Å². The van der Waals surface area contributed by atoms with Gasteiger partial charge in [0.1, 0.15) is 16.6 Å². The molecule has 0 saturated heterocycles. The van der Waals surface area contributed by atoms with E-state index in [0.29, 0.717) is 40.7 Å². The number of thiophene rings is 1. The minimum atomic E-state index is -0.0187. The van der Waals surface area contributed by atoms with Gasteiger partial charge in [0.25, 0.3) is 0 Å². The quantitative estimate of drug-likeness (QED) is 0.541. The molecule has 0 aliphatic heterocycles. The van der Waals surface area contributed by atoms with Crippen LogP contribution < -0.4 is 11.1 Å². The van der Waals surface area contributed by atoms with Crippen LogP contribution in [0.3, 0.4) is 0 Å². The maximum Gasteiger partial charge on any atom is 0.174 e. The molecule has 5 nitrogen and oxygen atoms in total. The van der Waals surface area contributed by atoms with Gasteiger partial charge in [-0.1, -0.05) is 6.92 Å². The molecule has 2 rings (SSSR count). The number of ketones is 1. The molecule has 0 bridgehead atoms. The summed E-state index contributed by atoms with van der Waals surface area (Å²) >= 11 is 1.27. The highest BCUT2D eigenvalue weighted by atomic mass is 32.1. The van der Waals surface area contributed by atoms with E-state index < -0.39 is 0 Å². The molecule has 114 valence electrons. The first-order valence-corrected chi connectivity index (χ1v) is 8.16. The Balaban J connectivity index is 1.83. The van der Waals surface area contributed by atoms with Crippen LogP contribution in [0.5, 0.6) is 0 Å². The molecule has 1 aromatic rings. The van der Waals surface area contributed by atoms with Gasteiger partial charge in [-0.2, -0.15) is 5.26 Å². The van der Waals surface area contributed by atoms with Crippen LogP contribution in [-0.2, 0) is 4.74 Å². The molecule has 0 spiro atoms. The molecule has 0 aromatic carbocycles. The normalized spacial score (nSPS) is 13.9. The summed E-state index contributed by atoms with van der Waals surface area (Å²) in [6.45, 7) is 4.08. The lowest BCUT2D eigenvalue weighted by molar-refractivity contribution is 0.0993. The first-order chi connectivity index (χ1) is 10.2. The zero-order valence-electron chi connectivity index (χ0n) is 12.3. The zero-order valence-corrected chi connectivity index (χ0v) is 13.1. The molecule has 0 amide bonds. The summed E-state index contributed by atoms with van der Waals surface area (Å²) in [7, 11) is 0. The van der Waals surface area contributed by atoms with Crippen molar-refractivity contribution in [2.45, 2.75) is 32.6 Å². The van der Waals surface area contributed by atoms with Gasteiger partial charge >= 0.3 is 0 Å². The lowest BCUT2D eigenvalue weighted by Crippen LogP contribution is -2.06. The Kier molecular flexibility index (Phi) is 5.59. The Morgan fingerprint density at radius 3 is 2.95 bits per heavy atom. The van der Waals surface area contributed by atoms with Crippen molar-refractivity contribution in [2.24, 2.45) is 5.92 Å². The van der Waals surface area contributed by atoms with Gasteiger partial charge < -0.3 is 15.8 Å². The third kappa shape index (κ3) is 4.19. The molecule has 6 heteroatoms. The molecule has 0 atom stereocenters. The summed E-state index contributed by atoms with van der Waals surface area (Å²) in [6.07, 6.45) is 3.86. The van der Waals surface area contributed by atoms with Crippen LogP contribution >= 0.6 is 11.3 Å². The van der Waals surface area contributed by atoms with E-state index in [1.165, 1.54) is 24.2 Å². The second-order valence-corrected chi connectivity index (χ2v) is 6.26. The summed E-state index contributed by atoms with van der Waals surface area (Å²) in [5.41, 5.74) is 6.58. The SMILES string of the molecule is CCC(=O)c1sc(NCCCOCC2CC2)c(C#N)c1N. The summed E-state index contributed by atoms with van der Waals surface area (Å²) in [4.78, 5) is 12.3. The first-order valence-electron chi connectivity index (χ1n) is 7.34. The van der Waals surface area contributed by atoms with Gasteiger partial charge in [-0.25, -0.2) is 0 Å². The van der Waals surface area contributed by atoms with E-state index in [2.05, 4.69) is 11.4 Å². The minimum Gasteiger partial charge on any atom is -0.396 e. The molecular formula is C15H21N3O2S. The summed E-state index contributed by atoms with van der Waals surface area (Å²) in [6, 6.07) is 2.08. The second kappa shape index (κ2) is 7.43. The molecule has 21 heavy (non-hydrogen) atoms. The van der Waals surface area contributed by atoms with Crippen LogP contribution in [-0.4, -0.2) is 25.5 Å². The average molecular weight is 307 g/mol. The van der Waals surface area contributed by atoms with Crippen LogP contribution in [0.2, 0.25) is 0 Å². The van der Waals surface area contributed by atoms with Crippen molar-refractivity contribution in [3.05, 3.63) is 10.4 Å². The highest BCUT2D eigenvalue weighted by molar-refractivity contribution is 7.19. The van der Waals surface area contributed by atoms with Crippen molar-refractivity contribution in [1.29, 1.82) is 5.26 Å². The number of anilines is 2. The lowest BCUT2D eigenvalue weighted by atomic mass is 10.2. The number of rotatable bonds is 9. The number of nitriles is 1. The number of ether oxygens (including phenoxy) is 1. The second-order valence-electron chi connectivity index (χ2n) is 5.24. The minimum absolute atomic E-state index is 0.0187. The lowest BCUT2D eigenvalue weighted by Gasteiger charge is -2.05. The number of hydrogen-bond donors (Lipinski definition) is 2. The molecule has 1 aliphatic rings. The van der Waals surface area contributed by atoms with Gasteiger partial charge in [0.05, 0.1) is 10.6 Å². The molecule has 3 N–H and O–H groups in total. The standard InChI is InChI=1S/C15H21N3O2S/c1-2-12(19)14-13(17)11(8-16)15(21-14)18-6-3-7-20-9-10-4-5-10/h10,18H,2-7,9,17H2,1H3. The van der Waals surface area contributed by atoms with E-state index in [-0.39, 0.29) is 5.78 Å².